The molecule has 1 saturated heterocycles. The van der Waals surface area contributed by atoms with Gasteiger partial charge in [0.05, 0.1) is 0 Å². The van der Waals surface area contributed by atoms with Crippen LogP contribution in [0.15, 0.2) is 24.3 Å². The summed E-state index contributed by atoms with van der Waals surface area (Å²) in [6.45, 7) is 1.94. The van der Waals surface area contributed by atoms with Crippen molar-refractivity contribution in [2.24, 2.45) is 5.90 Å². The number of amidine groups is 1. The van der Waals surface area contributed by atoms with Gasteiger partial charge >= 0.3 is 12.1 Å². The Hall–Kier alpha value is -2.37. The molecule has 1 aromatic rings. The maximum absolute atomic E-state index is 12.5. The monoisotopic (exact) mass is 419 g/mol. The lowest BCUT2D eigenvalue weighted by atomic mass is 10.2. The average Bonchev–Trinajstić information content (AvgIpc) is 3.13. The fraction of sp³-hybridized carbons (Fsp3) is 0.556. The van der Waals surface area contributed by atoms with Gasteiger partial charge in [0, 0.05) is 31.4 Å². The summed E-state index contributed by atoms with van der Waals surface area (Å²) in [6.07, 6.45) is -3.13. The number of carbonyl (C=O) groups excluding carboxylic acids is 1. The van der Waals surface area contributed by atoms with Crippen LogP contribution in [0.3, 0.4) is 0 Å². The second-order valence-electron chi connectivity index (χ2n) is 6.71. The summed E-state index contributed by atoms with van der Waals surface area (Å²) in [7, 11) is 0. The molecule has 2 rings (SSSR count). The number of alkyl halides is 3. The molecule has 1 heterocycles. The Labute approximate surface area is 166 Å². The summed E-state index contributed by atoms with van der Waals surface area (Å²) in [6, 6.07) is 6.85. The molecule has 0 atom stereocenters. The van der Waals surface area contributed by atoms with Crippen LogP contribution in [0.5, 0.6) is 5.75 Å². The van der Waals surface area contributed by atoms with E-state index in [1.165, 1.54) is 0 Å². The molecule has 1 aliphatic rings. The van der Waals surface area contributed by atoms with Crippen molar-refractivity contribution in [1.82, 2.24) is 5.32 Å². The molecule has 0 aliphatic carbocycles. The normalized spacial score (nSPS) is 15.7. The maximum atomic E-state index is 12.5. The first-order chi connectivity index (χ1) is 13.8. The van der Waals surface area contributed by atoms with E-state index in [4.69, 9.17) is 20.9 Å². The highest BCUT2D eigenvalue weighted by Crippen LogP contribution is 2.25. The predicted molar refractivity (Wildman–Crippen MR) is 97.8 cm³/mol. The van der Waals surface area contributed by atoms with E-state index in [1.807, 2.05) is 0 Å². The van der Waals surface area contributed by atoms with Gasteiger partial charge in [-0.3, -0.25) is 10.2 Å². The highest BCUT2D eigenvalue weighted by Gasteiger charge is 2.48. The van der Waals surface area contributed by atoms with E-state index in [1.54, 1.807) is 24.3 Å². The quantitative estimate of drug-likeness (QED) is 0.176. The second kappa shape index (κ2) is 10.4. The predicted octanol–water partition coefficient (Wildman–Crippen LogP) is 1.89. The smallest absolute Gasteiger partial charge is 0.491 e. The van der Waals surface area contributed by atoms with E-state index in [-0.39, 0.29) is 23.6 Å². The van der Waals surface area contributed by atoms with Gasteiger partial charge in [-0.1, -0.05) is 0 Å². The minimum absolute atomic E-state index is 0.182. The van der Waals surface area contributed by atoms with Crippen molar-refractivity contribution in [1.29, 1.82) is 5.41 Å². The van der Waals surface area contributed by atoms with Gasteiger partial charge in [-0.05, 0) is 24.3 Å². The van der Waals surface area contributed by atoms with Gasteiger partial charge in [0.1, 0.15) is 44.4 Å². The molecule has 11 heteroatoms. The molecule has 162 valence electrons. The number of hydrogen-bond donors (Lipinski definition) is 3. The molecule has 1 aromatic carbocycles. The Balaban J connectivity index is 1.78. The number of rotatable bonds is 10. The summed E-state index contributed by atoms with van der Waals surface area (Å²) >= 11 is 0. The molecular formula is C18H26F3N4O4+. The molecule has 29 heavy (non-hydrogen) atoms. The molecule has 0 aromatic heterocycles. The van der Waals surface area contributed by atoms with Crippen LogP contribution in [0.25, 0.3) is 0 Å². The number of hydrogen-bond acceptors (Lipinski definition) is 6. The van der Waals surface area contributed by atoms with Crippen LogP contribution in [0.2, 0.25) is 0 Å². The molecule has 0 spiro atoms. The number of hydroxylamine groups is 3. The fourth-order valence-corrected chi connectivity index (χ4v) is 3.11. The zero-order valence-corrected chi connectivity index (χ0v) is 16.0. The van der Waals surface area contributed by atoms with Gasteiger partial charge in [-0.25, -0.2) is 10.7 Å². The van der Waals surface area contributed by atoms with Gasteiger partial charge in [-0.2, -0.15) is 13.2 Å². The van der Waals surface area contributed by atoms with Crippen LogP contribution in [-0.2, 0) is 14.5 Å². The zero-order valence-electron chi connectivity index (χ0n) is 16.0. The average molecular weight is 419 g/mol. The Morgan fingerprint density at radius 2 is 1.83 bits per heavy atom. The number of benzene rings is 1. The Morgan fingerprint density at radius 3 is 2.41 bits per heavy atom. The number of halogens is 3. The van der Waals surface area contributed by atoms with Crippen LogP contribution in [0, 0.1) is 5.41 Å². The third-order valence-corrected chi connectivity index (χ3v) is 4.55. The first-order valence-electron chi connectivity index (χ1n) is 9.30. The highest BCUT2D eigenvalue weighted by molar-refractivity contribution is 5.96. The Morgan fingerprint density at radius 1 is 1.17 bits per heavy atom. The highest BCUT2D eigenvalue weighted by atomic mass is 19.4. The van der Waals surface area contributed by atoms with E-state index < -0.39 is 12.1 Å². The lowest BCUT2D eigenvalue weighted by molar-refractivity contribution is -1.08. The van der Waals surface area contributed by atoms with Crippen LogP contribution < -0.4 is 16.0 Å². The van der Waals surface area contributed by atoms with Gasteiger partial charge in [0.25, 0.3) is 0 Å². The maximum Gasteiger partial charge on any atom is 0.497 e. The van der Waals surface area contributed by atoms with E-state index in [9.17, 15) is 18.0 Å². The number of nitrogens with two attached hydrogens (primary N) is 1. The standard InChI is InChI=1S/C18H26F3N4O4/c19-18(20,21)17(26)29-25(9-1-2-10-25)11-3-8-24-16(22)14-4-6-15(7-5-14)27-12-13-28-23/h4-7H,1-3,8-13,23H2,(H2,22,24)/q+1. The third-order valence-electron chi connectivity index (χ3n) is 4.55. The molecule has 0 amide bonds. The minimum Gasteiger partial charge on any atom is -0.491 e. The van der Waals surface area contributed by atoms with Crippen LogP contribution >= 0.6 is 0 Å². The van der Waals surface area contributed by atoms with Crippen molar-refractivity contribution >= 4 is 11.8 Å². The third kappa shape index (κ3) is 7.18. The van der Waals surface area contributed by atoms with Crippen molar-refractivity contribution in [2.75, 3.05) is 39.4 Å². The molecule has 0 bridgehead atoms. The summed E-state index contributed by atoms with van der Waals surface area (Å²) in [4.78, 5) is 20.4. The van der Waals surface area contributed by atoms with Gasteiger partial charge in [0.2, 0.25) is 0 Å². The zero-order chi connectivity index (χ0) is 21.3. The van der Waals surface area contributed by atoms with Gasteiger partial charge in [-0.15, -0.1) is 4.65 Å². The Bertz CT molecular complexity index is 677. The lowest BCUT2D eigenvalue weighted by Gasteiger charge is -2.30. The lowest BCUT2D eigenvalue weighted by Crippen LogP contribution is -2.50. The number of likely N-dealkylation sites (tertiary alicyclic amines) is 1. The molecule has 8 nitrogen and oxygen atoms in total. The molecule has 0 radical (unpaired) electrons. The SMILES string of the molecule is N=C(NCCC[N+]1(OC(=O)C(F)(F)F)CCCC1)c1ccc(OCCON)cc1. The second-order valence-corrected chi connectivity index (χ2v) is 6.71. The number of ether oxygens (including phenoxy) is 1. The van der Waals surface area contributed by atoms with Crippen molar-refractivity contribution in [3.05, 3.63) is 29.8 Å². The van der Waals surface area contributed by atoms with E-state index in [0.717, 1.165) is 0 Å². The van der Waals surface area contributed by atoms with Crippen LogP contribution in [0.1, 0.15) is 24.8 Å². The van der Waals surface area contributed by atoms with E-state index in [0.29, 0.717) is 56.8 Å². The number of nitrogens with zero attached hydrogens (tertiary/aromatic N) is 1. The summed E-state index contributed by atoms with van der Waals surface area (Å²) < 4.78 is 42.6. The number of quaternary nitrogens is 1. The van der Waals surface area contributed by atoms with E-state index >= 15 is 0 Å². The minimum atomic E-state index is -5.00. The fourth-order valence-electron chi connectivity index (χ4n) is 3.11. The number of nitrogens with one attached hydrogen (secondary N) is 2. The molecule has 0 saturated carbocycles. The first kappa shape index (κ1) is 22.9. The Kier molecular flexibility index (Phi) is 8.23. The topological polar surface area (TPSA) is 107 Å². The largest absolute Gasteiger partial charge is 0.497 e. The van der Waals surface area contributed by atoms with Gasteiger partial charge < -0.3 is 14.9 Å². The van der Waals surface area contributed by atoms with Crippen molar-refractivity contribution in [2.45, 2.75) is 25.4 Å². The summed E-state index contributed by atoms with van der Waals surface area (Å²) in [5.74, 6) is 3.56. The van der Waals surface area contributed by atoms with Crippen molar-refractivity contribution < 1.29 is 37.0 Å². The van der Waals surface area contributed by atoms with Crippen molar-refractivity contribution in [3.63, 3.8) is 0 Å². The molecule has 1 aliphatic heterocycles. The van der Waals surface area contributed by atoms with Gasteiger partial charge in [0.15, 0.2) is 0 Å². The molecular weight excluding hydrogens is 393 g/mol. The molecule has 1 fully saturated rings. The molecule has 0 unspecified atom stereocenters. The summed E-state index contributed by atoms with van der Waals surface area (Å²) in [5.41, 5.74) is 0.640. The van der Waals surface area contributed by atoms with Crippen molar-refractivity contribution in [3.8, 4) is 5.75 Å². The number of carbonyl (C=O) groups is 1. The first-order valence-corrected chi connectivity index (χ1v) is 9.30. The summed E-state index contributed by atoms with van der Waals surface area (Å²) in [5, 5.41) is 11.0. The van der Waals surface area contributed by atoms with Crippen LogP contribution in [-0.4, -0.2) is 62.0 Å². The van der Waals surface area contributed by atoms with E-state index in [2.05, 4.69) is 10.2 Å². The van der Waals surface area contributed by atoms with Crippen LogP contribution in [0.4, 0.5) is 13.2 Å². The molecule has 4 N–H and O–H groups in total.